The van der Waals surface area contributed by atoms with Crippen molar-refractivity contribution in [3.63, 3.8) is 0 Å². The molecule has 1 aromatic rings. The molecule has 0 unspecified atom stereocenters. The molecule has 0 saturated carbocycles. The van der Waals surface area contributed by atoms with Crippen LogP contribution >= 0.6 is 27.5 Å². The fraction of sp³-hybridized carbons (Fsp3) is 0.417. The van der Waals surface area contributed by atoms with Gasteiger partial charge in [-0.25, -0.2) is 4.79 Å². The number of halogens is 2. The Bertz CT molecular complexity index is 395. The first kappa shape index (κ1) is 14.3. The first-order chi connectivity index (χ1) is 7.79. The standard InChI is InChI=1S/C12H15BrClNO2/c1-12(2,3)17-11(16)15-7-8-9(13)5-4-6-10(8)14/h4-6H,7H2,1-3H3,(H,15,16). The Balaban J connectivity index is 2.59. The van der Waals surface area contributed by atoms with Crippen molar-refractivity contribution in [3.8, 4) is 0 Å². The third-order valence-electron chi connectivity index (χ3n) is 1.87. The molecular formula is C12H15BrClNO2. The summed E-state index contributed by atoms with van der Waals surface area (Å²) < 4.78 is 5.99. The molecule has 1 N–H and O–H groups in total. The molecule has 0 heterocycles. The van der Waals surface area contributed by atoms with Crippen molar-refractivity contribution >= 4 is 33.6 Å². The van der Waals surface area contributed by atoms with Crippen LogP contribution in [0.5, 0.6) is 0 Å². The van der Waals surface area contributed by atoms with E-state index in [1.165, 1.54) is 0 Å². The highest BCUT2D eigenvalue weighted by Gasteiger charge is 2.16. The second-order valence-corrected chi connectivity index (χ2v) is 5.82. The molecule has 1 amide bonds. The highest BCUT2D eigenvalue weighted by Crippen LogP contribution is 2.24. The average Bonchev–Trinajstić information content (AvgIpc) is 2.14. The zero-order valence-electron chi connectivity index (χ0n) is 10.0. The fourth-order valence-electron chi connectivity index (χ4n) is 1.18. The molecule has 3 nitrogen and oxygen atoms in total. The smallest absolute Gasteiger partial charge is 0.407 e. The molecule has 0 radical (unpaired) electrons. The quantitative estimate of drug-likeness (QED) is 0.890. The van der Waals surface area contributed by atoms with Crippen molar-refractivity contribution in [1.29, 1.82) is 0 Å². The maximum Gasteiger partial charge on any atom is 0.407 e. The van der Waals surface area contributed by atoms with Gasteiger partial charge in [0.1, 0.15) is 5.60 Å². The number of hydrogen-bond acceptors (Lipinski definition) is 2. The van der Waals surface area contributed by atoms with Gasteiger partial charge in [0.2, 0.25) is 0 Å². The van der Waals surface area contributed by atoms with E-state index in [-0.39, 0.29) is 0 Å². The summed E-state index contributed by atoms with van der Waals surface area (Å²) >= 11 is 9.41. The molecule has 0 bridgehead atoms. The Morgan fingerprint density at radius 1 is 1.47 bits per heavy atom. The van der Waals surface area contributed by atoms with Crippen LogP contribution in [0.25, 0.3) is 0 Å². The van der Waals surface area contributed by atoms with Crippen LogP contribution < -0.4 is 5.32 Å². The predicted octanol–water partition coefficient (Wildman–Crippen LogP) is 4.13. The molecule has 0 fully saturated rings. The predicted molar refractivity (Wildman–Crippen MR) is 72.2 cm³/mol. The first-order valence-corrected chi connectivity index (χ1v) is 6.36. The molecule has 0 aromatic heterocycles. The van der Waals surface area contributed by atoms with Crippen molar-refractivity contribution in [1.82, 2.24) is 5.32 Å². The monoisotopic (exact) mass is 319 g/mol. The van der Waals surface area contributed by atoms with Gasteiger partial charge in [0.15, 0.2) is 0 Å². The van der Waals surface area contributed by atoms with Gasteiger partial charge in [-0.15, -0.1) is 0 Å². The maximum absolute atomic E-state index is 11.5. The van der Waals surface area contributed by atoms with E-state index in [0.29, 0.717) is 11.6 Å². The van der Waals surface area contributed by atoms with E-state index < -0.39 is 11.7 Å². The van der Waals surface area contributed by atoms with Gasteiger partial charge in [-0.2, -0.15) is 0 Å². The highest BCUT2D eigenvalue weighted by molar-refractivity contribution is 9.10. The van der Waals surface area contributed by atoms with Gasteiger partial charge in [0.25, 0.3) is 0 Å². The zero-order valence-corrected chi connectivity index (χ0v) is 12.4. The summed E-state index contributed by atoms with van der Waals surface area (Å²) in [6.45, 7) is 5.78. The van der Waals surface area contributed by atoms with Crippen LogP contribution in [-0.4, -0.2) is 11.7 Å². The molecule has 5 heteroatoms. The van der Waals surface area contributed by atoms with Crippen molar-refractivity contribution < 1.29 is 9.53 Å². The van der Waals surface area contributed by atoms with Gasteiger partial charge in [0.05, 0.1) is 0 Å². The van der Waals surface area contributed by atoms with Gasteiger partial charge in [-0.3, -0.25) is 0 Å². The third-order valence-corrected chi connectivity index (χ3v) is 2.97. The van der Waals surface area contributed by atoms with Crippen molar-refractivity contribution in [2.45, 2.75) is 32.9 Å². The highest BCUT2D eigenvalue weighted by atomic mass is 79.9. The largest absolute Gasteiger partial charge is 0.444 e. The number of nitrogens with one attached hydrogen (secondary N) is 1. The zero-order chi connectivity index (χ0) is 13.1. The van der Waals surface area contributed by atoms with Crippen molar-refractivity contribution in [3.05, 3.63) is 33.3 Å². The van der Waals surface area contributed by atoms with E-state index in [2.05, 4.69) is 21.2 Å². The molecule has 94 valence electrons. The number of ether oxygens (including phenoxy) is 1. The van der Waals surface area contributed by atoms with Crippen molar-refractivity contribution in [2.75, 3.05) is 0 Å². The lowest BCUT2D eigenvalue weighted by atomic mass is 10.2. The minimum absolute atomic E-state index is 0.329. The van der Waals surface area contributed by atoms with Crippen LogP contribution in [0.15, 0.2) is 22.7 Å². The number of rotatable bonds is 2. The molecular weight excluding hydrogens is 305 g/mol. The normalized spacial score (nSPS) is 11.1. The van der Waals surface area contributed by atoms with Crippen LogP contribution in [0.4, 0.5) is 4.79 Å². The molecule has 0 aliphatic rings. The van der Waals surface area contributed by atoms with Crippen LogP contribution in [0.2, 0.25) is 5.02 Å². The Morgan fingerprint density at radius 3 is 2.65 bits per heavy atom. The summed E-state index contributed by atoms with van der Waals surface area (Å²) in [5.74, 6) is 0. The topological polar surface area (TPSA) is 38.3 Å². The lowest BCUT2D eigenvalue weighted by Gasteiger charge is -2.20. The summed E-state index contributed by atoms with van der Waals surface area (Å²) in [6.07, 6.45) is -0.454. The first-order valence-electron chi connectivity index (χ1n) is 5.19. The summed E-state index contributed by atoms with van der Waals surface area (Å²) in [7, 11) is 0. The molecule has 0 atom stereocenters. The van der Waals surface area contributed by atoms with Gasteiger partial charge < -0.3 is 10.1 Å². The number of amides is 1. The summed E-state index contributed by atoms with van der Waals surface area (Å²) in [6, 6.07) is 5.49. The number of carbonyl (C=O) groups is 1. The van der Waals surface area contributed by atoms with E-state index in [4.69, 9.17) is 16.3 Å². The Kier molecular flexibility index (Phi) is 4.83. The van der Waals surface area contributed by atoms with E-state index in [1.807, 2.05) is 32.9 Å². The maximum atomic E-state index is 11.5. The lowest BCUT2D eigenvalue weighted by Crippen LogP contribution is -2.32. The van der Waals surface area contributed by atoms with Gasteiger partial charge in [0, 0.05) is 21.6 Å². The SMILES string of the molecule is CC(C)(C)OC(=O)NCc1c(Cl)cccc1Br. The van der Waals surface area contributed by atoms with E-state index in [9.17, 15) is 4.79 Å². The number of benzene rings is 1. The Labute approximate surface area is 115 Å². The van der Waals surface area contributed by atoms with Gasteiger partial charge in [-0.05, 0) is 32.9 Å². The molecule has 1 rings (SSSR count). The van der Waals surface area contributed by atoms with Crippen LogP contribution in [0.1, 0.15) is 26.3 Å². The summed E-state index contributed by atoms with van der Waals surface area (Å²) in [5.41, 5.74) is 0.335. The van der Waals surface area contributed by atoms with Crippen LogP contribution in [0, 0.1) is 0 Å². The van der Waals surface area contributed by atoms with Gasteiger partial charge >= 0.3 is 6.09 Å². The second-order valence-electron chi connectivity index (χ2n) is 4.56. The Hall–Kier alpha value is -0.740. The molecule has 17 heavy (non-hydrogen) atoms. The summed E-state index contributed by atoms with van der Waals surface area (Å²) in [5, 5.41) is 3.27. The Morgan fingerprint density at radius 2 is 2.12 bits per heavy atom. The van der Waals surface area contributed by atoms with Crippen molar-refractivity contribution in [2.24, 2.45) is 0 Å². The van der Waals surface area contributed by atoms with Crippen LogP contribution in [-0.2, 0) is 11.3 Å². The minimum atomic E-state index is -0.498. The third kappa shape index (κ3) is 4.96. The average molecular weight is 321 g/mol. The molecule has 0 aliphatic carbocycles. The second kappa shape index (κ2) is 5.74. The molecule has 0 saturated heterocycles. The minimum Gasteiger partial charge on any atom is -0.444 e. The van der Waals surface area contributed by atoms with E-state index in [1.54, 1.807) is 6.07 Å². The van der Waals surface area contributed by atoms with Gasteiger partial charge in [-0.1, -0.05) is 33.6 Å². The molecule has 1 aromatic carbocycles. The van der Waals surface area contributed by atoms with E-state index >= 15 is 0 Å². The number of carbonyl (C=O) groups excluding carboxylic acids is 1. The van der Waals surface area contributed by atoms with E-state index in [0.717, 1.165) is 10.0 Å². The fourth-order valence-corrected chi connectivity index (χ4v) is 2.04. The number of alkyl carbamates (subject to hydrolysis) is 1. The lowest BCUT2D eigenvalue weighted by molar-refractivity contribution is 0.0523. The van der Waals surface area contributed by atoms with Crippen LogP contribution in [0.3, 0.4) is 0 Å². The molecule has 0 aliphatic heterocycles. The summed E-state index contributed by atoms with van der Waals surface area (Å²) in [4.78, 5) is 11.5. The number of hydrogen-bond donors (Lipinski definition) is 1. The molecule has 0 spiro atoms.